The molecule has 112 valence electrons. The van der Waals surface area contributed by atoms with Crippen LogP contribution in [0.25, 0.3) is 0 Å². The number of rotatable bonds is 7. The van der Waals surface area contributed by atoms with Gasteiger partial charge in [0.1, 0.15) is 11.9 Å². The highest BCUT2D eigenvalue weighted by Crippen LogP contribution is 2.17. The van der Waals surface area contributed by atoms with Crippen LogP contribution in [-0.4, -0.2) is 25.5 Å². The second kappa shape index (κ2) is 6.81. The van der Waals surface area contributed by atoms with Gasteiger partial charge in [0.25, 0.3) is 0 Å². The number of aliphatic carboxylic acids is 1. The van der Waals surface area contributed by atoms with Gasteiger partial charge in [-0.25, -0.2) is 12.8 Å². The van der Waals surface area contributed by atoms with E-state index in [1.165, 1.54) is 13.0 Å². The van der Waals surface area contributed by atoms with Crippen molar-refractivity contribution in [1.82, 2.24) is 4.72 Å². The van der Waals surface area contributed by atoms with Gasteiger partial charge in [-0.05, 0) is 31.0 Å². The summed E-state index contributed by atoms with van der Waals surface area (Å²) in [7, 11) is -4.06. The fraction of sp³-hybridized carbons (Fsp3) is 0.462. The highest BCUT2D eigenvalue weighted by atomic mass is 32.2. The van der Waals surface area contributed by atoms with Gasteiger partial charge in [0.15, 0.2) is 0 Å². The zero-order valence-electron chi connectivity index (χ0n) is 11.4. The number of hydrogen-bond donors (Lipinski definition) is 2. The van der Waals surface area contributed by atoms with Crippen LogP contribution >= 0.6 is 0 Å². The molecular weight excluding hydrogens is 285 g/mol. The Morgan fingerprint density at radius 3 is 2.65 bits per heavy atom. The van der Waals surface area contributed by atoms with Crippen LogP contribution in [0.3, 0.4) is 0 Å². The number of aryl methyl sites for hydroxylation is 1. The van der Waals surface area contributed by atoms with Gasteiger partial charge >= 0.3 is 5.97 Å². The predicted molar refractivity (Wildman–Crippen MR) is 72.4 cm³/mol. The van der Waals surface area contributed by atoms with E-state index in [1.54, 1.807) is 0 Å². The Hall–Kier alpha value is -1.47. The Morgan fingerprint density at radius 1 is 1.45 bits per heavy atom. The summed E-state index contributed by atoms with van der Waals surface area (Å²) in [5.41, 5.74) is 0.360. The van der Waals surface area contributed by atoms with Crippen molar-refractivity contribution in [2.45, 2.75) is 44.0 Å². The molecule has 0 heterocycles. The van der Waals surface area contributed by atoms with Gasteiger partial charge in [-0.1, -0.05) is 25.8 Å². The highest BCUT2D eigenvalue weighted by molar-refractivity contribution is 7.89. The van der Waals surface area contributed by atoms with Crippen molar-refractivity contribution in [1.29, 1.82) is 0 Å². The topological polar surface area (TPSA) is 83.5 Å². The van der Waals surface area contributed by atoms with E-state index in [-0.39, 0.29) is 11.3 Å². The molecule has 0 saturated heterocycles. The van der Waals surface area contributed by atoms with Crippen molar-refractivity contribution < 1.29 is 22.7 Å². The fourth-order valence-corrected chi connectivity index (χ4v) is 3.24. The molecule has 0 bridgehead atoms. The lowest BCUT2D eigenvalue weighted by Gasteiger charge is -2.15. The minimum absolute atomic E-state index is 0.194. The lowest BCUT2D eigenvalue weighted by Crippen LogP contribution is -2.40. The second-order valence-corrected chi connectivity index (χ2v) is 6.25. The molecule has 1 rings (SSSR count). The SMILES string of the molecule is CCCCC(NS(=O)(=O)c1cc(F)ccc1C)C(=O)O. The lowest BCUT2D eigenvalue weighted by atomic mass is 10.1. The Bertz CT molecular complexity index is 586. The first-order chi connectivity index (χ1) is 9.27. The number of nitrogens with one attached hydrogen (secondary N) is 1. The van der Waals surface area contributed by atoms with Gasteiger partial charge in [0.2, 0.25) is 10.0 Å². The molecule has 1 atom stereocenters. The normalized spacial score (nSPS) is 13.2. The molecule has 7 heteroatoms. The summed E-state index contributed by atoms with van der Waals surface area (Å²) in [4.78, 5) is 10.8. The smallest absolute Gasteiger partial charge is 0.321 e. The third-order valence-corrected chi connectivity index (χ3v) is 4.50. The summed E-state index contributed by atoms with van der Waals surface area (Å²) < 4.78 is 39.6. The van der Waals surface area contributed by atoms with E-state index in [0.717, 1.165) is 18.6 Å². The monoisotopic (exact) mass is 303 g/mol. The van der Waals surface area contributed by atoms with E-state index in [9.17, 15) is 17.6 Å². The first kappa shape index (κ1) is 16.6. The van der Waals surface area contributed by atoms with E-state index in [1.807, 2.05) is 6.92 Å². The third kappa shape index (κ3) is 4.28. The Labute approximate surface area is 117 Å². The Morgan fingerprint density at radius 2 is 2.10 bits per heavy atom. The number of unbranched alkanes of at least 4 members (excludes halogenated alkanes) is 1. The van der Waals surface area contributed by atoms with Crippen molar-refractivity contribution in [2.24, 2.45) is 0 Å². The van der Waals surface area contributed by atoms with Crippen molar-refractivity contribution in [2.75, 3.05) is 0 Å². The number of sulfonamides is 1. The average Bonchev–Trinajstić information content (AvgIpc) is 2.36. The van der Waals surface area contributed by atoms with Gasteiger partial charge in [0, 0.05) is 0 Å². The summed E-state index contributed by atoms with van der Waals surface area (Å²) in [6, 6.07) is 2.17. The highest BCUT2D eigenvalue weighted by Gasteiger charge is 2.26. The maximum Gasteiger partial charge on any atom is 0.321 e. The zero-order valence-corrected chi connectivity index (χ0v) is 12.2. The number of carboxylic acid groups (broad SMARTS) is 1. The molecule has 0 fully saturated rings. The van der Waals surface area contributed by atoms with Crippen molar-refractivity contribution in [3.8, 4) is 0 Å². The van der Waals surface area contributed by atoms with E-state index in [0.29, 0.717) is 12.0 Å². The maximum atomic E-state index is 13.2. The van der Waals surface area contributed by atoms with Crippen molar-refractivity contribution in [3.63, 3.8) is 0 Å². The van der Waals surface area contributed by atoms with Crippen LogP contribution in [0.1, 0.15) is 31.7 Å². The first-order valence-corrected chi connectivity index (χ1v) is 7.77. The summed E-state index contributed by atoms with van der Waals surface area (Å²) in [5, 5.41) is 9.03. The quantitative estimate of drug-likeness (QED) is 0.807. The van der Waals surface area contributed by atoms with Gasteiger partial charge < -0.3 is 5.11 Å². The minimum Gasteiger partial charge on any atom is -0.480 e. The molecule has 0 aliphatic rings. The molecule has 0 amide bonds. The standard InChI is InChI=1S/C13H18FNO4S/c1-3-4-5-11(13(16)17)15-20(18,19)12-8-10(14)7-6-9(12)2/h6-8,11,15H,3-5H2,1-2H3,(H,16,17). The lowest BCUT2D eigenvalue weighted by molar-refractivity contribution is -0.139. The van der Waals surface area contributed by atoms with Crippen LogP contribution in [0.2, 0.25) is 0 Å². The summed E-state index contributed by atoms with van der Waals surface area (Å²) in [5.74, 6) is -1.92. The molecule has 0 aromatic heterocycles. The Balaban J connectivity index is 3.03. The molecule has 1 unspecified atom stereocenters. The average molecular weight is 303 g/mol. The first-order valence-electron chi connectivity index (χ1n) is 6.29. The number of benzene rings is 1. The molecule has 2 N–H and O–H groups in total. The maximum absolute atomic E-state index is 13.2. The molecule has 20 heavy (non-hydrogen) atoms. The fourth-order valence-electron chi connectivity index (χ4n) is 1.76. The van der Waals surface area contributed by atoms with Crippen LogP contribution in [0.5, 0.6) is 0 Å². The predicted octanol–water partition coefficient (Wildman–Crippen LogP) is 2.06. The molecule has 1 aromatic carbocycles. The Kier molecular flexibility index (Phi) is 5.64. The van der Waals surface area contributed by atoms with E-state index >= 15 is 0 Å². The number of carboxylic acids is 1. The van der Waals surface area contributed by atoms with Crippen molar-refractivity contribution >= 4 is 16.0 Å². The number of halogens is 1. The zero-order chi connectivity index (χ0) is 15.3. The van der Waals surface area contributed by atoms with E-state index in [2.05, 4.69) is 4.72 Å². The van der Waals surface area contributed by atoms with Crippen molar-refractivity contribution in [3.05, 3.63) is 29.6 Å². The molecule has 1 aromatic rings. The van der Waals surface area contributed by atoms with Crippen LogP contribution in [-0.2, 0) is 14.8 Å². The van der Waals surface area contributed by atoms with Crippen LogP contribution in [0.4, 0.5) is 4.39 Å². The molecule has 0 aliphatic heterocycles. The largest absolute Gasteiger partial charge is 0.480 e. The number of carbonyl (C=O) groups is 1. The van der Waals surface area contributed by atoms with Crippen LogP contribution < -0.4 is 4.72 Å². The molecule has 0 radical (unpaired) electrons. The summed E-state index contributed by atoms with van der Waals surface area (Å²) in [6.07, 6.45) is 1.53. The molecule has 0 spiro atoms. The minimum atomic E-state index is -4.06. The van der Waals surface area contributed by atoms with Gasteiger partial charge in [-0.15, -0.1) is 0 Å². The summed E-state index contributed by atoms with van der Waals surface area (Å²) >= 11 is 0. The van der Waals surface area contributed by atoms with Gasteiger partial charge in [0.05, 0.1) is 4.90 Å². The summed E-state index contributed by atoms with van der Waals surface area (Å²) in [6.45, 7) is 3.40. The van der Waals surface area contributed by atoms with Gasteiger partial charge in [-0.3, -0.25) is 4.79 Å². The van der Waals surface area contributed by atoms with E-state index in [4.69, 9.17) is 5.11 Å². The molecule has 5 nitrogen and oxygen atoms in total. The number of hydrogen-bond acceptors (Lipinski definition) is 3. The van der Waals surface area contributed by atoms with Crippen LogP contribution in [0.15, 0.2) is 23.1 Å². The molecule has 0 aliphatic carbocycles. The molecule has 0 saturated carbocycles. The van der Waals surface area contributed by atoms with Crippen LogP contribution in [0, 0.1) is 12.7 Å². The van der Waals surface area contributed by atoms with E-state index < -0.39 is 27.9 Å². The molecular formula is C13H18FNO4S. The van der Waals surface area contributed by atoms with Gasteiger partial charge in [-0.2, -0.15) is 4.72 Å². The third-order valence-electron chi connectivity index (χ3n) is 2.88. The second-order valence-electron chi connectivity index (χ2n) is 4.56.